The van der Waals surface area contributed by atoms with Gasteiger partial charge in [0.1, 0.15) is 0 Å². The Kier molecular flexibility index (Phi) is 4.51. The van der Waals surface area contributed by atoms with Gasteiger partial charge in [-0.05, 0) is 18.0 Å². The number of halogens is 1. The van der Waals surface area contributed by atoms with Gasteiger partial charge in [0.2, 0.25) is 17.2 Å². The minimum atomic E-state index is 0.0310. The predicted molar refractivity (Wildman–Crippen MR) is 58.8 cm³/mol. The molecule has 0 aliphatic heterocycles. The van der Waals surface area contributed by atoms with E-state index in [9.17, 15) is 0 Å². The average molecular weight is 232 g/mol. The molecule has 1 rings (SSSR count). The zero-order valence-electron chi connectivity index (χ0n) is 8.52. The number of nitrogens with two attached hydrogens (primary N) is 1. The summed E-state index contributed by atoms with van der Waals surface area (Å²) in [4.78, 5) is 13.4. The fourth-order valence-electron chi connectivity index (χ4n) is 1.20. The topological polar surface area (TPSA) is 88.2 Å². The third-order valence-corrected chi connectivity index (χ3v) is 1.93. The van der Waals surface area contributed by atoms with Crippen molar-refractivity contribution in [1.82, 2.24) is 15.0 Å². The van der Waals surface area contributed by atoms with Crippen molar-refractivity contribution in [3.8, 4) is 0 Å². The molecule has 0 radical (unpaired) electrons. The summed E-state index contributed by atoms with van der Waals surface area (Å²) in [6.45, 7) is 3.24. The summed E-state index contributed by atoms with van der Waals surface area (Å²) >= 11 is 5.66. The molecule has 1 aromatic rings. The van der Waals surface area contributed by atoms with E-state index in [2.05, 4.69) is 15.0 Å². The molecule has 0 aliphatic carbocycles. The van der Waals surface area contributed by atoms with Crippen LogP contribution in [0, 0.1) is 0 Å². The van der Waals surface area contributed by atoms with E-state index in [0.717, 1.165) is 13.0 Å². The molecule has 1 heterocycles. The smallest absolute Gasteiger partial charge is 0.231 e. The lowest BCUT2D eigenvalue weighted by Gasteiger charge is -2.20. The average Bonchev–Trinajstić information content (AvgIpc) is 2.16. The van der Waals surface area contributed by atoms with Gasteiger partial charge in [0, 0.05) is 13.1 Å². The van der Waals surface area contributed by atoms with Crippen molar-refractivity contribution < 1.29 is 5.11 Å². The van der Waals surface area contributed by atoms with E-state index in [1.165, 1.54) is 0 Å². The van der Waals surface area contributed by atoms with Crippen LogP contribution >= 0.6 is 11.6 Å². The van der Waals surface area contributed by atoms with Crippen molar-refractivity contribution in [2.75, 3.05) is 30.3 Å². The van der Waals surface area contributed by atoms with Crippen molar-refractivity contribution in [1.29, 1.82) is 0 Å². The molecule has 0 spiro atoms. The lowest BCUT2D eigenvalue weighted by molar-refractivity contribution is 0.301. The molecule has 0 saturated carbocycles. The van der Waals surface area contributed by atoms with Crippen molar-refractivity contribution >= 4 is 23.5 Å². The van der Waals surface area contributed by atoms with Gasteiger partial charge in [-0.15, -0.1) is 0 Å². The Hall–Kier alpha value is -1.14. The van der Waals surface area contributed by atoms with Crippen LogP contribution in [0.5, 0.6) is 0 Å². The first-order chi connectivity index (χ1) is 7.17. The molecule has 1 aromatic heterocycles. The molecule has 0 unspecified atom stereocenters. The molecule has 84 valence electrons. The molecular weight excluding hydrogens is 218 g/mol. The van der Waals surface area contributed by atoms with Crippen LogP contribution in [0.4, 0.5) is 11.9 Å². The molecule has 0 bridgehead atoms. The number of nitrogen functional groups attached to an aromatic ring is 1. The molecule has 0 amide bonds. The first-order valence-corrected chi connectivity index (χ1v) is 5.08. The number of aliphatic hydroxyl groups excluding tert-OH is 1. The van der Waals surface area contributed by atoms with E-state index in [4.69, 9.17) is 22.4 Å². The highest BCUT2D eigenvalue weighted by Crippen LogP contribution is 2.11. The van der Waals surface area contributed by atoms with Crippen LogP contribution in [0.2, 0.25) is 5.28 Å². The Balaban J connectivity index is 2.88. The van der Waals surface area contributed by atoms with E-state index < -0.39 is 0 Å². The van der Waals surface area contributed by atoms with E-state index in [0.29, 0.717) is 12.5 Å². The quantitative estimate of drug-likeness (QED) is 0.759. The third-order valence-electron chi connectivity index (χ3n) is 1.76. The van der Waals surface area contributed by atoms with Crippen LogP contribution in [0.1, 0.15) is 13.3 Å². The molecule has 0 saturated heterocycles. The van der Waals surface area contributed by atoms with E-state index in [-0.39, 0.29) is 17.8 Å². The van der Waals surface area contributed by atoms with Crippen molar-refractivity contribution in [3.05, 3.63) is 5.28 Å². The number of rotatable bonds is 5. The minimum Gasteiger partial charge on any atom is -0.395 e. The minimum absolute atomic E-state index is 0.0310. The normalized spacial score (nSPS) is 10.3. The molecule has 6 nitrogen and oxygen atoms in total. The zero-order valence-corrected chi connectivity index (χ0v) is 9.28. The summed E-state index contributed by atoms with van der Waals surface area (Å²) < 4.78 is 0. The number of aromatic nitrogens is 3. The van der Waals surface area contributed by atoms with Gasteiger partial charge in [0.15, 0.2) is 0 Å². The Labute approximate surface area is 93.1 Å². The molecule has 7 heteroatoms. The van der Waals surface area contributed by atoms with Gasteiger partial charge in [0.25, 0.3) is 0 Å². The number of aliphatic hydroxyl groups is 1. The standard InChI is InChI=1S/C8H14ClN5O/c1-2-3-14(4-5-15)8-12-6(9)11-7(10)13-8/h15H,2-5H2,1H3,(H2,10,11,12,13). The summed E-state index contributed by atoms with van der Waals surface area (Å²) in [6.07, 6.45) is 0.920. The lowest BCUT2D eigenvalue weighted by Crippen LogP contribution is -2.29. The predicted octanol–water partition coefficient (Wildman–Crippen LogP) is 0.316. The lowest BCUT2D eigenvalue weighted by atomic mass is 10.4. The van der Waals surface area contributed by atoms with Crippen LogP contribution in [0.3, 0.4) is 0 Å². The molecule has 3 N–H and O–H groups in total. The van der Waals surface area contributed by atoms with Gasteiger partial charge in [-0.2, -0.15) is 15.0 Å². The molecule has 0 aliphatic rings. The van der Waals surface area contributed by atoms with Crippen molar-refractivity contribution in [3.63, 3.8) is 0 Å². The highest BCUT2D eigenvalue weighted by atomic mass is 35.5. The van der Waals surface area contributed by atoms with Gasteiger partial charge in [-0.3, -0.25) is 0 Å². The second-order valence-electron chi connectivity index (χ2n) is 2.97. The Morgan fingerprint density at radius 3 is 2.60 bits per heavy atom. The summed E-state index contributed by atoms with van der Waals surface area (Å²) in [6, 6.07) is 0. The summed E-state index contributed by atoms with van der Waals surface area (Å²) in [5.41, 5.74) is 5.45. The van der Waals surface area contributed by atoms with Gasteiger partial charge >= 0.3 is 0 Å². The van der Waals surface area contributed by atoms with Gasteiger partial charge < -0.3 is 15.7 Å². The maximum absolute atomic E-state index is 8.89. The van der Waals surface area contributed by atoms with Crippen LogP contribution in [0.15, 0.2) is 0 Å². The third kappa shape index (κ3) is 3.49. The highest BCUT2D eigenvalue weighted by molar-refractivity contribution is 6.28. The van der Waals surface area contributed by atoms with Crippen LogP contribution < -0.4 is 10.6 Å². The Morgan fingerprint density at radius 1 is 1.33 bits per heavy atom. The van der Waals surface area contributed by atoms with Gasteiger partial charge in [-0.25, -0.2) is 0 Å². The molecule has 0 aromatic carbocycles. The number of hydrogen-bond donors (Lipinski definition) is 2. The maximum Gasteiger partial charge on any atom is 0.231 e. The largest absolute Gasteiger partial charge is 0.395 e. The molecule has 0 atom stereocenters. The zero-order chi connectivity index (χ0) is 11.3. The summed E-state index contributed by atoms with van der Waals surface area (Å²) in [7, 11) is 0. The van der Waals surface area contributed by atoms with Crippen molar-refractivity contribution in [2.24, 2.45) is 0 Å². The maximum atomic E-state index is 8.89. The second kappa shape index (κ2) is 5.67. The number of hydrogen-bond acceptors (Lipinski definition) is 6. The van der Waals surface area contributed by atoms with E-state index in [1.807, 2.05) is 11.8 Å². The first-order valence-electron chi connectivity index (χ1n) is 4.70. The van der Waals surface area contributed by atoms with Gasteiger partial charge in [-0.1, -0.05) is 6.92 Å². The Bertz CT molecular complexity index is 296. The molecule has 15 heavy (non-hydrogen) atoms. The van der Waals surface area contributed by atoms with Crippen LogP contribution in [-0.4, -0.2) is 39.8 Å². The Morgan fingerprint density at radius 2 is 2.07 bits per heavy atom. The fourth-order valence-corrected chi connectivity index (χ4v) is 1.36. The van der Waals surface area contributed by atoms with Crippen LogP contribution in [0.25, 0.3) is 0 Å². The van der Waals surface area contributed by atoms with E-state index in [1.54, 1.807) is 0 Å². The summed E-state index contributed by atoms with van der Waals surface area (Å²) in [5.74, 6) is 0.493. The molecule has 0 fully saturated rings. The fraction of sp³-hybridized carbons (Fsp3) is 0.625. The second-order valence-corrected chi connectivity index (χ2v) is 3.31. The van der Waals surface area contributed by atoms with Gasteiger partial charge in [0.05, 0.1) is 6.61 Å². The number of anilines is 2. The van der Waals surface area contributed by atoms with Crippen LogP contribution in [-0.2, 0) is 0 Å². The monoisotopic (exact) mass is 231 g/mol. The van der Waals surface area contributed by atoms with Crippen molar-refractivity contribution in [2.45, 2.75) is 13.3 Å². The molecular formula is C8H14ClN5O. The van der Waals surface area contributed by atoms with E-state index >= 15 is 0 Å². The highest BCUT2D eigenvalue weighted by Gasteiger charge is 2.10. The first kappa shape index (κ1) is 11.9. The SMILES string of the molecule is CCCN(CCO)c1nc(N)nc(Cl)n1. The number of nitrogens with zero attached hydrogens (tertiary/aromatic N) is 4. The summed E-state index contributed by atoms with van der Waals surface area (Å²) in [5, 5.41) is 8.95.